The van der Waals surface area contributed by atoms with Crippen molar-refractivity contribution in [3.63, 3.8) is 0 Å². The fourth-order valence-electron chi connectivity index (χ4n) is 3.93. The van der Waals surface area contributed by atoms with Crippen LogP contribution in [0, 0.1) is 6.92 Å². The van der Waals surface area contributed by atoms with Crippen LogP contribution >= 0.6 is 23.2 Å². The minimum Gasteiger partial charge on any atom is -0.465 e. The molecule has 0 aliphatic carbocycles. The SMILES string of the molecule is Cc1[nH]c(C(=O)NC2CCN(C3C[C@@H](C)N(C(=O)O)C3)CC2)c(Cl)c1Cl. The van der Waals surface area contributed by atoms with E-state index in [-0.39, 0.29) is 29.1 Å². The van der Waals surface area contributed by atoms with Crippen LogP contribution in [-0.4, -0.2) is 69.7 Å². The number of carboxylic acid groups (broad SMARTS) is 1. The van der Waals surface area contributed by atoms with Gasteiger partial charge in [0.05, 0.1) is 10.0 Å². The smallest absolute Gasteiger partial charge is 0.407 e. The molecule has 0 bridgehead atoms. The molecule has 26 heavy (non-hydrogen) atoms. The maximum Gasteiger partial charge on any atom is 0.407 e. The molecule has 2 atom stereocenters. The van der Waals surface area contributed by atoms with Crippen molar-refractivity contribution in [1.82, 2.24) is 20.1 Å². The molecule has 2 aliphatic rings. The first-order valence-electron chi connectivity index (χ1n) is 8.86. The second kappa shape index (κ2) is 7.66. The number of halogens is 2. The number of likely N-dealkylation sites (tertiary alicyclic amines) is 2. The predicted octanol–water partition coefficient (Wildman–Crippen LogP) is 2.96. The number of nitrogens with one attached hydrogen (secondary N) is 2. The van der Waals surface area contributed by atoms with Crippen molar-refractivity contribution in [2.24, 2.45) is 0 Å². The lowest BCUT2D eigenvalue weighted by molar-refractivity contribution is 0.0885. The van der Waals surface area contributed by atoms with Crippen molar-refractivity contribution in [3.8, 4) is 0 Å². The number of aromatic amines is 1. The number of H-pyrrole nitrogens is 1. The van der Waals surface area contributed by atoms with Crippen LogP contribution in [0.15, 0.2) is 0 Å². The average molecular weight is 403 g/mol. The van der Waals surface area contributed by atoms with E-state index >= 15 is 0 Å². The number of hydrogen-bond acceptors (Lipinski definition) is 3. The van der Waals surface area contributed by atoms with E-state index in [2.05, 4.69) is 15.2 Å². The molecule has 7 nitrogen and oxygen atoms in total. The van der Waals surface area contributed by atoms with Crippen LogP contribution < -0.4 is 5.32 Å². The minimum atomic E-state index is -0.848. The number of carbonyl (C=O) groups excluding carboxylic acids is 1. The second-order valence-corrected chi connectivity index (χ2v) is 7.97. The van der Waals surface area contributed by atoms with E-state index in [0.717, 1.165) is 32.4 Å². The summed E-state index contributed by atoms with van der Waals surface area (Å²) >= 11 is 12.1. The minimum absolute atomic E-state index is 0.0536. The highest BCUT2D eigenvalue weighted by atomic mass is 35.5. The van der Waals surface area contributed by atoms with Gasteiger partial charge in [-0.15, -0.1) is 0 Å². The maximum atomic E-state index is 12.4. The van der Waals surface area contributed by atoms with Crippen LogP contribution in [0.5, 0.6) is 0 Å². The Morgan fingerprint density at radius 3 is 2.38 bits per heavy atom. The summed E-state index contributed by atoms with van der Waals surface area (Å²) < 4.78 is 0. The Morgan fingerprint density at radius 2 is 1.88 bits per heavy atom. The van der Waals surface area contributed by atoms with Gasteiger partial charge in [0.15, 0.2) is 0 Å². The second-order valence-electron chi connectivity index (χ2n) is 7.21. The Labute approximate surface area is 162 Å². The Hall–Kier alpha value is -1.44. The third-order valence-electron chi connectivity index (χ3n) is 5.46. The van der Waals surface area contributed by atoms with Gasteiger partial charge in [-0.3, -0.25) is 9.69 Å². The van der Waals surface area contributed by atoms with E-state index in [4.69, 9.17) is 23.2 Å². The van der Waals surface area contributed by atoms with Gasteiger partial charge in [-0.2, -0.15) is 0 Å². The standard InChI is InChI=1S/C17H24Cl2N4O3/c1-9-7-12(8-23(9)17(25)26)22-5-3-11(4-6-22)21-16(24)15-14(19)13(18)10(2)20-15/h9,11-12,20H,3-8H2,1-2H3,(H,21,24)(H,25,26)/t9-,12?/m1/s1. The molecule has 3 heterocycles. The Balaban J connectivity index is 1.52. The number of nitrogens with zero attached hydrogens (tertiary/aromatic N) is 2. The summed E-state index contributed by atoms with van der Waals surface area (Å²) in [7, 11) is 0. The third-order valence-corrected chi connectivity index (χ3v) is 6.41. The quantitative estimate of drug-likeness (QED) is 0.724. The first kappa shape index (κ1) is 19.3. The van der Waals surface area contributed by atoms with E-state index < -0.39 is 6.09 Å². The van der Waals surface area contributed by atoms with Crippen LogP contribution in [0.1, 0.15) is 42.4 Å². The molecule has 2 aliphatic heterocycles. The van der Waals surface area contributed by atoms with Gasteiger partial charge in [0, 0.05) is 43.5 Å². The summed E-state index contributed by atoms with van der Waals surface area (Å²) in [4.78, 5) is 30.4. The molecule has 1 aromatic heterocycles. The number of carbonyl (C=O) groups is 2. The molecule has 1 unspecified atom stereocenters. The van der Waals surface area contributed by atoms with Crippen molar-refractivity contribution >= 4 is 35.2 Å². The zero-order valence-electron chi connectivity index (χ0n) is 14.9. The van der Waals surface area contributed by atoms with E-state index in [1.165, 1.54) is 4.90 Å². The van der Waals surface area contributed by atoms with Gasteiger partial charge >= 0.3 is 6.09 Å². The first-order chi connectivity index (χ1) is 12.3. The van der Waals surface area contributed by atoms with Gasteiger partial charge in [0.25, 0.3) is 5.91 Å². The summed E-state index contributed by atoms with van der Waals surface area (Å²) in [6.07, 6.45) is 1.67. The van der Waals surface area contributed by atoms with Crippen molar-refractivity contribution in [2.45, 2.75) is 51.2 Å². The van der Waals surface area contributed by atoms with Gasteiger partial charge in [0.2, 0.25) is 0 Å². The number of rotatable bonds is 3. The predicted molar refractivity (Wildman–Crippen MR) is 100 cm³/mol. The summed E-state index contributed by atoms with van der Waals surface area (Å²) in [5.74, 6) is -0.241. The molecule has 1 aromatic rings. The molecule has 0 spiro atoms. The molecule has 0 saturated carbocycles. The summed E-state index contributed by atoms with van der Waals surface area (Å²) in [6.45, 7) is 5.96. The maximum absolute atomic E-state index is 12.4. The van der Waals surface area contributed by atoms with Crippen molar-refractivity contribution in [3.05, 3.63) is 21.4 Å². The van der Waals surface area contributed by atoms with Gasteiger partial charge < -0.3 is 20.3 Å². The van der Waals surface area contributed by atoms with E-state index in [0.29, 0.717) is 23.0 Å². The molecular weight excluding hydrogens is 379 g/mol. The number of aromatic nitrogens is 1. The monoisotopic (exact) mass is 402 g/mol. The highest BCUT2D eigenvalue weighted by Crippen LogP contribution is 2.29. The molecule has 3 N–H and O–H groups in total. The lowest BCUT2D eigenvalue weighted by Crippen LogP contribution is -2.48. The zero-order valence-corrected chi connectivity index (χ0v) is 16.4. The lowest BCUT2D eigenvalue weighted by atomic mass is 10.0. The molecule has 2 amide bonds. The fraction of sp³-hybridized carbons (Fsp3) is 0.647. The largest absolute Gasteiger partial charge is 0.465 e. The molecule has 2 saturated heterocycles. The van der Waals surface area contributed by atoms with Crippen LogP contribution in [0.25, 0.3) is 0 Å². The first-order valence-corrected chi connectivity index (χ1v) is 9.61. The van der Waals surface area contributed by atoms with E-state index in [1.807, 2.05) is 6.92 Å². The Morgan fingerprint density at radius 1 is 1.23 bits per heavy atom. The molecule has 9 heteroatoms. The van der Waals surface area contributed by atoms with Crippen LogP contribution in [0.3, 0.4) is 0 Å². The number of piperidine rings is 1. The molecular formula is C17H24Cl2N4O3. The molecule has 2 fully saturated rings. The fourth-order valence-corrected chi connectivity index (χ4v) is 4.34. The van der Waals surface area contributed by atoms with Gasteiger partial charge in [0.1, 0.15) is 5.69 Å². The molecule has 0 radical (unpaired) electrons. The summed E-state index contributed by atoms with van der Waals surface area (Å²) in [5, 5.41) is 12.9. The van der Waals surface area contributed by atoms with E-state index in [9.17, 15) is 14.7 Å². The topological polar surface area (TPSA) is 88.7 Å². The Kier molecular flexibility index (Phi) is 5.69. The number of aryl methyl sites for hydroxylation is 1. The molecule has 144 valence electrons. The van der Waals surface area contributed by atoms with Crippen LogP contribution in [0.2, 0.25) is 10.0 Å². The zero-order chi connectivity index (χ0) is 19.0. The van der Waals surface area contributed by atoms with Crippen LogP contribution in [-0.2, 0) is 0 Å². The van der Waals surface area contributed by atoms with Gasteiger partial charge in [-0.1, -0.05) is 23.2 Å². The highest BCUT2D eigenvalue weighted by molar-refractivity contribution is 6.44. The van der Waals surface area contributed by atoms with Crippen molar-refractivity contribution in [1.29, 1.82) is 0 Å². The van der Waals surface area contributed by atoms with Crippen molar-refractivity contribution < 1.29 is 14.7 Å². The number of hydrogen-bond donors (Lipinski definition) is 3. The summed E-state index contributed by atoms with van der Waals surface area (Å²) in [5.41, 5.74) is 0.980. The lowest BCUT2D eigenvalue weighted by Gasteiger charge is -2.36. The Bertz CT molecular complexity index is 700. The van der Waals surface area contributed by atoms with E-state index in [1.54, 1.807) is 6.92 Å². The summed E-state index contributed by atoms with van der Waals surface area (Å²) in [6, 6.07) is 0.390. The van der Waals surface area contributed by atoms with Crippen molar-refractivity contribution in [2.75, 3.05) is 19.6 Å². The van der Waals surface area contributed by atoms with Gasteiger partial charge in [-0.05, 0) is 33.1 Å². The van der Waals surface area contributed by atoms with Gasteiger partial charge in [-0.25, -0.2) is 4.79 Å². The molecule has 3 rings (SSSR count). The highest BCUT2D eigenvalue weighted by Gasteiger charge is 2.37. The normalized spacial score (nSPS) is 24.8. The number of amides is 2. The average Bonchev–Trinajstić information content (AvgIpc) is 3.11. The van der Waals surface area contributed by atoms with Crippen LogP contribution in [0.4, 0.5) is 4.79 Å². The molecule has 0 aromatic carbocycles. The third kappa shape index (κ3) is 3.80.